The number of amides is 1. The molecule has 1 aromatic carbocycles. The Bertz CT molecular complexity index is 738. The van der Waals surface area contributed by atoms with Crippen LogP contribution in [0.15, 0.2) is 36.5 Å². The fraction of sp³-hybridized carbons (Fsp3) is 0.235. The van der Waals surface area contributed by atoms with Gasteiger partial charge < -0.3 is 10.0 Å². The van der Waals surface area contributed by atoms with Crippen molar-refractivity contribution in [1.82, 2.24) is 4.98 Å². The van der Waals surface area contributed by atoms with Crippen LogP contribution in [0.3, 0.4) is 0 Å². The number of carboxylic acids is 1. The number of rotatable bonds is 2. The van der Waals surface area contributed by atoms with Crippen molar-refractivity contribution in [3.8, 4) is 11.3 Å². The fourth-order valence-electron chi connectivity index (χ4n) is 2.77. The van der Waals surface area contributed by atoms with E-state index in [1.807, 2.05) is 18.2 Å². The molecule has 0 saturated carbocycles. The van der Waals surface area contributed by atoms with Crippen LogP contribution in [0.4, 0.5) is 5.69 Å². The number of aryl methyl sites for hydroxylation is 1. The number of pyridine rings is 1. The van der Waals surface area contributed by atoms with Crippen LogP contribution in [0.1, 0.15) is 29.3 Å². The molecule has 0 bridgehead atoms. The molecule has 5 nitrogen and oxygen atoms in total. The quantitative estimate of drug-likeness (QED) is 0.925. The number of aromatic carboxylic acids is 1. The van der Waals surface area contributed by atoms with Gasteiger partial charge in [0, 0.05) is 30.9 Å². The van der Waals surface area contributed by atoms with E-state index in [2.05, 4.69) is 4.98 Å². The molecule has 0 radical (unpaired) electrons. The van der Waals surface area contributed by atoms with Crippen molar-refractivity contribution in [2.45, 2.75) is 19.8 Å². The van der Waals surface area contributed by atoms with Gasteiger partial charge in [0.15, 0.2) is 0 Å². The van der Waals surface area contributed by atoms with Crippen molar-refractivity contribution in [1.29, 1.82) is 0 Å². The van der Waals surface area contributed by atoms with Gasteiger partial charge >= 0.3 is 5.97 Å². The minimum absolute atomic E-state index is 0.0534. The Morgan fingerprint density at radius 3 is 2.68 bits per heavy atom. The first kappa shape index (κ1) is 14.3. The smallest absolute Gasteiger partial charge is 0.337 e. The number of aromatic nitrogens is 1. The molecular weight excluding hydrogens is 280 g/mol. The van der Waals surface area contributed by atoms with E-state index in [0.29, 0.717) is 0 Å². The summed E-state index contributed by atoms with van der Waals surface area (Å²) < 4.78 is 0. The van der Waals surface area contributed by atoms with Crippen LogP contribution >= 0.6 is 0 Å². The third-order valence-electron chi connectivity index (χ3n) is 3.88. The molecule has 112 valence electrons. The van der Waals surface area contributed by atoms with E-state index in [4.69, 9.17) is 5.11 Å². The predicted molar refractivity (Wildman–Crippen MR) is 83.0 cm³/mol. The first-order valence-corrected chi connectivity index (χ1v) is 7.17. The molecule has 1 aliphatic heterocycles. The number of carboxylic acid groups (broad SMARTS) is 1. The topological polar surface area (TPSA) is 70.5 Å². The lowest BCUT2D eigenvalue weighted by Crippen LogP contribution is -2.33. The van der Waals surface area contributed by atoms with Crippen LogP contribution in [-0.2, 0) is 11.2 Å². The zero-order chi connectivity index (χ0) is 15.7. The zero-order valence-corrected chi connectivity index (χ0v) is 12.2. The van der Waals surface area contributed by atoms with E-state index < -0.39 is 5.97 Å². The maximum atomic E-state index is 11.7. The molecule has 0 saturated heterocycles. The first-order valence-electron chi connectivity index (χ1n) is 7.17. The van der Waals surface area contributed by atoms with E-state index in [-0.39, 0.29) is 11.5 Å². The Labute approximate surface area is 128 Å². The second-order valence-corrected chi connectivity index (χ2v) is 5.35. The minimum Gasteiger partial charge on any atom is -0.478 e. The molecule has 0 aliphatic carbocycles. The monoisotopic (exact) mass is 296 g/mol. The average Bonchev–Trinajstić information content (AvgIpc) is 2.53. The van der Waals surface area contributed by atoms with Gasteiger partial charge in [0.05, 0.1) is 11.3 Å². The number of anilines is 1. The van der Waals surface area contributed by atoms with E-state index in [0.717, 1.165) is 41.9 Å². The molecule has 22 heavy (non-hydrogen) atoms. The van der Waals surface area contributed by atoms with Crippen molar-refractivity contribution in [3.05, 3.63) is 47.7 Å². The highest BCUT2D eigenvalue weighted by atomic mass is 16.4. The summed E-state index contributed by atoms with van der Waals surface area (Å²) >= 11 is 0. The van der Waals surface area contributed by atoms with Crippen LogP contribution in [0.25, 0.3) is 11.3 Å². The maximum Gasteiger partial charge on any atom is 0.337 e. The lowest BCUT2D eigenvalue weighted by Gasteiger charge is -2.28. The second-order valence-electron chi connectivity index (χ2n) is 5.35. The van der Waals surface area contributed by atoms with Crippen LogP contribution in [-0.4, -0.2) is 28.5 Å². The van der Waals surface area contributed by atoms with Gasteiger partial charge in [-0.2, -0.15) is 0 Å². The Morgan fingerprint density at radius 1 is 1.23 bits per heavy atom. The molecular formula is C17H16N2O3. The third-order valence-corrected chi connectivity index (χ3v) is 3.88. The normalized spacial score (nSPS) is 13.6. The van der Waals surface area contributed by atoms with Crippen LogP contribution in [0, 0.1) is 0 Å². The highest BCUT2D eigenvalue weighted by Crippen LogP contribution is 2.31. The summed E-state index contributed by atoms with van der Waals surface area (Å²) in [4.78, 5) is 28.5. The molecule has 1 aromatic heterocycles. The van der Waals surface area contributed by atoms with Gasteiger partial charge in [0.2, 0.25) is 5.91 Å². The summed E-state index contributed by atoms with van der Waals surface area (Å²) in [5.74, 6) is -0.931. The van der Waals surface area contributed by atoms with Crippen LogP contribution in [0.5, 0.6) is 0 Å². The number of hydrogen-bond acceptors (Lipinski definition) is 3. The molecule has 0 spiro atoms. The van der Waals surface area contributed by atoms with Gasteiger partial charge in [0.25, 0.3) is 0 Å². The second kappa shape index (κ2) is 5.60. The molecule has 0 atom stereocenters. The number of carbonyl (C=O) groups is 2. The van der Waals surface area contributed by atoms with Crippen molar-refractivity contribution in [2.75, 3.05) is 11.4 Å². The number of benzene rings is 1. The Hall–Kier alpha value is -2.69. The fourth-order valence-corrected chi connectivity index (χ4v) is 2.77. The van der Waals surface area contributed by atoms with Crippen molar-refractivity contribution in [3.63, 3.8) is 0 Å². The number of nitrogens with zero attached hydrogens (tertiary/aromatic N) is 2. The van der Waals surface area contributed by atoms with E-state index in [1.54, 1.807) is 24.0 Å². The van der Waals surface area contributed by atoms with Gasteiger partial charge in [-0.1, -0.05) is 6.07 Å². The average molecular weight is 296 g/mol. The summed E-state index contributed by atoms with van der Waals surface area (Å²) in [6, 6.07) is 9.15. The molecule has 2 aromatic rings. The molecule has 5 heteroatoms. The summed E-state index contributed by atoms with van der Waals surface area (Å²) in [6.45, 7) is 2.34. The Morgan fingerprint density at radius 2 is 2.05 bits per heavy atom. The van der Waals surface area contributed by atoms with Gasteiger partial charge in [-0.25, -0.2) is 4.79 Å². The van der Waals surface area contributed by atoms with E-state index in [1.165, 1.54) is 6.20 Å². The number of carbonyl (C=O) groups excluding carboxylic acids is 1. The summed E-state index contributed by atoms with van der Waals surface area (Å²) in [5, 5.41) is 8.91. The van der Waals surface area contributed by atoms with Crippen molar-refractivity contribution >= 4 is 17.6 Å². The molecule has 2 heterocycles. The van der Waals surface area contributed by atoms with Crippen molar-refractivity contribution < 1.29 is 14.7 Å². The van der Waals surface area contributed by atoms with Gasteiger partial charge in [-0.15, -0.1) is 0 Å². The van der Waals surface area contributed by atoms with Crippen LogP contribution < -0.4 is 4.90 Å². The van der Waals surface area contributed by atoms with Crippen LogP contribution in [0.2, 0.25) is 0 Å². The molecule has 0 fully saturated rings. The summed E-state index contributed by atoms with van der Waals surface area (Å²) in [5.41, 5.74) is 3.92. The zero-order valence-electron chi connectivity index (χ0n) is 12.2. The largest absolute Gasteiger partial charge is 0.478 e. The highest BCUT2D eigenvalue weighted by Gasteiger charge is 2.20. The Kier molecular flexibility index (Phi) is 3.63. The lowest BCUT2D eigenvalue weighted by atomic mass is 9.97. The van der Waals surface area contributed by atoms with Crippen molar-refractivity contribution in [2.24, 2.45) is 0 Å². The number of hydrogen-bond donors (Lipinski definition) is 1. The maximum absolute atomic E-state index is 11.7. The third kappa shape index (κ3) is 2.57. The highest BCUT2D eigenvalue weighted by molar-refractivity contribution is 5.93. The molecule has 1 aliphatic rings. The van der Waals surface area contributed by atoms with Gasteiger partial charge in [-0.05, 0) is 42.7 Å². The molecule has 1 amide bonds. The molecule has 0 unspecified atom stereocenters. The summed E-state index contributed by atoms with van der Waals surface area (Å²) in [7, 11) is 0. The number of fused-ring (bicyclic) bond motifs is 1. The summed E-state index contributed by atoms with van der Waals surface area (Å²) in [6.07, 6.45) is 3.24. The van der Waals surface area contributed by atoms with Gasteiger partial charge in [-0.3, -0.25) is 9.78 Å². The standard InChI is InChI=1S/C17H16N2O3/c1-11(20)19-8-2-3-13-9-12(5-7-16(13)19)15-6-4-14(10-18-15)17(21)22/h4-7,9-10H,2-3,8H2,1H3,(H,21,22). The SMILES string of the molecule is CC(=O)N1CCCc2cc(-c3ccc(C(=O)O)cn3)ccc21. The predicted octanol–water partition coefficient (Wildman–Crippen LogP) is 2.75. The van der Waals surface area contributed by atoms with E-state index in [9.17, 15) is 9.59 Å². The van der Waals surface area contributed by atoms with E-state index >= 15 is 0 Å². The molecule has 3 rings (SSSR count). The first-order chi connectivity index (χ1) is 10.6. The Balaban J connectivity index is 1.96. The minimum atomic E-state index is -0.985. The lowest BCUT2D eigenvalue weighted by molar-refractivity contribution is -0.116. The molecule has 1 N–H and O–H groups in total. The van der Waals surface area contributed by atoms with Gasteiger partial charge in [0.1, 0.15) is 0 Å².